The highest BCUT2D eigenvalue weighted by Gasteiger charge is 2.30. The van der Waals surface area contributed by atoms with Crippen molar-refractivity contribution >= 4 is 22.7 Å². The summed E-state index contributed by atoms with van der Waals surface area (Å²) in [6, 6.07) is 4.96. The van der Waals surface area contributed by atoms with Crippen LogP contribution < -0.4 is 5.43 Å². The van der Waals surface area contributed by atoms with Crippen molar-refractivity contribution in [3.8, 4) is 0 Å². The number of hydrogen-bond donors (Lipinski definition) is 1. The van der Waals surface area contributed by atoms with Crippen LogP contribution in [0.2, 0.25) is 0 Å². The van der Waals surface area contributed by atoms with E-state index in [0.29, 0.717) is 10.7 Å². The van der Waals surface area contributed by atoms with Crippen LogP contribution in [-0.2, 0) is 6.18 Å². The SMILES string of the molecule is Cc1csc(NN=Cc2cccc(C(F)(F)F)c2)n1. The highest BCUT2D eigenvalue weighted by atomic mass is 32.1. The summed E-state index contributed by atoms with van der Waals surface area (Å²) in [6.07, 6.45) is -3.02. The van der Waals surface area contributed by atoms with Crippen molar-refractivity contribution in [2.75, 3.05) is 5.43 Å². The molecular formula is C12H10F3N3S. The quantitative estimate of drug-likeness (QED) is 0.685. The first-order valence-corrected chi connectivity index (χ1v) is 6.21. The fourth-order valence-corrected chi connectivity index (χ4v) is 2.00. The minimum Gasteiger partial charge on any atom is -0.253 e. The summed E-state index contributed by atoms with van der Waals surface area (Å²) in [5.74, 6) is 0. The number of hydrogen-bond acceptors (Lipinski definition) is 4. The van der Waals surface area contributed by atoms with Gasteiger partial charge in [0.1, 0.15) is 0 Å². The van der Waals surface area contributed by atoms with Crippen LogP contribution in [0.3, 0.4) is 0 Å². The van der Waals surface area contributed by atoms with Crippen LogP contribution in [0.15, 0.2) is 34.7 Å². The lowest BCUT2D eigenvalue weighted by Crippen LogP contribution is -2.05. The van der Waals surface area contributed by atoms with E-state index in [1.807, 2.05) is 12.3 Å². The molecule has 0 radical (unpaired) electrons. The van der Waals surface area contributed by atoms with Gasteiger partial charge in [-0.3, -0.25) is 5.43 Å². The first-order chi connectivity index (χ1) is 8.95. The molecule has 0 bridgehead atoms. The standard InChI is InChI=1S/C12H10F3N3S/c1-8-7-19-11(17-8)18-16-6-9-3-2-4-10(5-9)12(13,14)15/h2-7H,1H3,(H,17,18). The number of nitrogens with zero attached hydrogens (tertiary/aromatic N) is 2. The second-order valence-electron chi connectivity index (χ2n) is 3.79. The fourth-order valence-electron chi connectivity index (χ4n) is 1.36. The van der Waals surface area contributed by atoms with Gasteiger partial charge < -0.3 is 0 Å². The molecule has 1 aromatic carbocycles. The Bertz CT molecular complexity index is 590. The monoisotopic (exact) mass is 285 g/mol. The van der Waals surface area contributed by atoms with Gasteiger partial charge in [-0.1, -0.05) is 12.1 Å². The maximum Gasteiger partial charge on any atom is 0.416 e. The zero-order valence-electron chi connectivity index (χ0n) is 9.90. The molecule has 2 aromatic rings. The third-order valence-electron chi connectivity index (χ3n) is 2.21. The van der Waals surface area contributed by atoms with Crippen molar-refractivity contribution in [2.24, 2.45) is 5.10 Å². The van der Waals surface area contributed by atoms with E-state index in [9.17, 15) is 13.2 Å². The second kappa shape index (κ2) is 5.40. The molecule has 2 rings (SSSR count). The van der Waals surface area contributed by atoms with Gasteiger partial charge in [0.2, 0.25) is 5.13 Å². The Morgan fingerprint density at radius 1 is 1.37 bits per heavy atom. The molecular weight excluding hydrogens is 275 g/mol. The molecule has 19 heavy (non-hydrogen) atoms. The lowest BCUT2D eigenvalue weighted by Gasteiger charge is -2.06. The number of aryl methyl sites for hydroxylation is 1. The lowest BCUT2D eigenvalue weighted by atomic mass is 10.1. The highest BCUT2D eigenvalue weighted by molar-refractivity contribution is 7.13. The zero-order chi connectivity index (χ0) is 13.9. The molecule has 0 aliphatic rings. The number of anilines is 1. The number of benzene rings is 1. The molecule has 0 unspecified atom stereocenters. The molecule has 1 heterocycles. The molecule has 1 N–H and O–H groups in total. The van der Waals surface area contributed by atoms with E-state index in [-0.39, 0.29) is 0 Å². The number of nitrogens with one attached hydrogen (secondary N) is 1. The molecule has 0 fully saturated rings. The van der Waals surface area contributed by atoms with Gasteiger partial charge in [0.05, 0.1) is 17.5 Å². The van der Waals surface area contributed by atoms with Gasteiger partial charge in [-0.25, -0.2) is 4.98 Å². The summed E-state index contributed by atoms with van der Waals surface area (Å²) < 4.78 is 37.5. The summed E-state index contributed by atoms with van der Waals surface area (Å²) in [5, 5.41) is 6.30. The van der Waals surface area contributed by atoms with Gasteiger partial charge in [0, 0.05) is 5.38 Å². The first kappa shape index (κ1) is 13.5. The van der Waals surface area contributed by atoms with Crippen LogP contribution >= 0.6 is 11.3 Å². The molecule has 0 saturated carbocycles. The van der Waals surface area contributed by atoms with Gasteiger partial charge >= 0.3 is 6.18 Å². The highest BCUT2D eigenvalue weighted by Crippen LogP contribution is 2.29. The summed E-state index contributed by atoms with van der Waals surface area (Å²) in [5.41, 5.74) is 3.21. The molecule has 0 saturated heterocycles. The zero-order valence-corrected chi connectivity index (χ0v) is 10.7. The maximum atomic E-state index is 12.5. The van der Waals surface area contributed by atoms with Crippen molar-refractivity contribution in [3.05, 3.63) is 46.5 Å². The number of thiazole rings is 1. The number of alkyl halides is 3. The van der Waals surface area contributed by atoms with Gasteiger partial charge in [0.15, 0.2) is 0 Å². The third-order valence-corrected chi connectivity index (χ3v) is 3.07. The average molecular weight is 285 g/mol. The van der Waals surface area contributed by atoms with E-state index >= 15 is 0 Å². The number of halogens is 3. The average Bonchev–Trinajstić information content (AvgIpc) is 2.74. The Balaban J connectivity index is 2.07. The van der Waals surface area contributed by atoms with Crippen molar-refractivity contribution in [3.63, 3.8) is 0 Å². The largest absolute Gasteiger partial charge is 0.416 e. The van der Waals surface area contributed by atoms with Crippen molar-refractivity contribution in [2.45, 2.75) is 13.1 Å². The van der Waals surface area contributed by atoms with Gasteiger partial charge in [0.25, 0.3) is 0 Å². The Kier molecular flexibility index (Phi) is 3.84. The summed E-state index contributed by atoms with van der Waals surface area (Å²) in [4.78, 5) is 4.11. The fraction of sp³-hybridized carbons (Fsp3) is 0.167. The van der Waals surface area contributed by atoms with Gasteiger partial charge in [-0.15, -0.1) is 11.3 Å². The normalized spacial score (nSPS) is 12.0. The molecule has 100 valence electrons. The van der Waals surface area contributed by atoms with E-state index in [1.165, 1.54) is 23.6 Å². The maximum absolute atomic E-state index is 12.5. The Morgan fingerprint density at radius 2 is 2.16 bits per heavy atom. The number of rotatable bonds is 3. The lowest BCUT2D eigenvalue weighted by molar-refractivity contribution is -0.137. The van der Waals surface area contributed by atoms with Crippen molar-refractivity contribution in [1.29, 1.82) is 0 Å². The van der Waals surface area contributed by atoms with Crippen molar-refractivity contribution < 1.29 is 13.2 Å². The minimum atomic E-state index is -4.34. The van der Waals surface area contributed by atoms with E-state index in [1.54, 1.807) is 6.07 Å². The van der Waals surface area contributed by atoms with E-state index < -0.39 is 11.7 Å². The topological polar surface area (TPSA) is 37.3 Å². The second-order valence-corrected chi connectivity index (χ2v) is 4.65. The van der Waals surface area contributed by atoms with Crippen LogP contribution in [0.4, 0.5) is 18.3 Å². The number of hydrazone groups is 1. The predicted molar refractivity (Wildman–Crippen MR) is 69.5 cm³/mol. The Morgan fingerprint density at radius 3 is 2.79 bits per heavy atom. The van der Waals surface area contributed by atoms with Gasteiger partial charge in [-0.05, 0) is 24.6 Å². The summed E-state index contributed by atoms with van der Waals surface area (Å²) in [6.45, 7) is 1.85. The molecule has 3 nitrogen and oxygen atoms in total. The van der Waals surface area contributed by atoms with Crippen LogP contribution in [0.5, 0.6) is 0 Å². The number of aromatic nitrogens is 1. The van der Waals surface area contributed by atoms with Crippen LogP contribution in [0.1, 0.15) is 16.8 Å². The smallest absolute Gasteiger partial charge is 0.253 e. The van der Waals surface area contributed by atoms with E-state index in [2.05, 4.69) is 15.5 Å². The Labute approximate surface area is 111 Å². The van der Waals surface area contributed by atoms with E-state index in [4.69, 9.17) is 0 Å². The van der Waals surface area contributed by atoms with Crippen LogP contribution in [-0.4, -0.2) is 11.2 Å². The molecule has 0 aliphatic carbocycles. The molecule has 1 aromatic heterocycles. The molecule has 0 amide bonds. The summed E-state index contributed by atoms with van der Waals surface area (Å²) in [7, 11) is 0. The molecule has 0 atom stereocenters. The molecule has 0 spiro atoms. The van der Waals surface area contributed by atoms with Crippen molar-refractivity contribution in [1.82, 2.24) is 4.98 Å². The van der Waals surface area contributed by atoms with Crippen LogP contribution in [0, 0.1) is 6.92 Å². The Hall–Kier alpha value is -1.89. The third kappa shape index (κ3) is 3.78. The molecule has 7 heteroatoms. The first-order valence-electron chi connectivity index (χ1n) is 5.33. The van der Waals surface area contributed by atoms with E-state index in [0.717, 1.165) is 17.8 Å². The van der Waals surface area contributed by atoms with Crippen LogP contribution in [0.25, 0.3) is 0 Å². The summed E-state index contributed by atoms with van der Waals surface area (Å²) >= 11 is 1.38. The minimum absolute atomic E-state index is 0.371. The molecule has 0 aliphatic heterocycles. The predicted octanol–water partition coefficient (Wildman–Crippen LogP) is 3.92. The van der Waals surface area contributed by atoms with Gasteiger partial charge in [-0.2, -0.15) is 18.3 Å².